The Bertz CT molecular complexity index is 598. The van der Waals surface area contributed by atoms with Gasteiger partial charge in [0.25, 0.3) is 0 Å². The van der Waals surface area contributed by atoms with Gasteiger partial charge in [-0.25, -0.2) is 4.39 Å². The fraction of sp³-hybridized carbons (Fsp3) is 0.143. The van der Waals surface area contributed by atoms with Crippen LogP contribution in [0.1, 0.15) is 11.1 Å². The zero-order chi connectivity index (χ0) is 13.1. The second-order valence-corrected chi connectivity index (χ2v) is 5.58. The third kappa shape index (κ3) is 2.96. The monoisotopic (exact) mass is 263 g/mol. The van der Waals surface area contributed by atoms with Crippen molar-refractivity contribution in [2.45, 2.75) is 17.6 Å². The minimum absolute atomic E-state index is 0.269. The molecule has 0 aliphatic heterocycles. The van der Waals surface area contributed by atoms with Gasteiger partial charge in [-0.3, -0.25) is 4.21 Å². The second kappa shape index (κ2) is 5.31. The first-order chi connectivity index (χ1) is 8.56. The van der Waals surface area contributed by atoms with Crippen LogP contribution in [0.25, 0.3) is 0 Å². The standard InChI is InChI=1S/C14H14FNOS/c1-10-5-6-13(16)14(7-10)18(17)9-11-3-2-4-12(15)8-11/h2-8H,9,16H2,1H3. The number of aryl methyl sites for hydroxylation is 1. The summed E-state index contributed by atoms with van der Waals surface area (Å²) in [5.74, 6) is -0.0486. The van der Waals surface area contributed by atoms with Crippen molar-refractivity contribution in [1.29, 1.82) is 0 Å². The van der Waals surface area contributed by atoms with E-state index in [-0.39, 0.29) is 11.6 Å². The first-order valence-electron chi connectivity index (χ1n) is 5.55. The Morgan fingerprint density at radius 2 is 2.00 bits per heavy atom. The van der Waals surface area contributed by atoms with E-state index in [1.807, 2.05) is 19.1 Å². The predicted octanol–water partition coefficient (Wildman–Crippen LogP) is 3.02. The van der Waals surface area contributed by atoms with Crippen molar-refractivity contribution in [2.75, 3.05) is 5.73 Å². The third-order valence-electron chi connectivity index (χ3n) is 2.60. The molecule has 2 nitrogen and oxygen atoms in total. The van der Waals surface area contributed by atoms with Crippen LogP contribution in [-0.2, 0) is 16.6 Å². The molecule has 0 aliphatic rings. The average molecular weight is 263 g/mol. The van der Waals surface area contributed by atoms with E-state index in [2.05, 4.69) is 0 Å². The van der Waals surface area contributed by atoms with Gasteiger partial charge in [0.1, 0.15) is 5.82 Å². The van der Waals surface area contributed by atoms with Gasteiger partial charge < -0.3 is 5.73 Å². The number of hydrogen-bond donors (Lipinski definition) is 1. The molecule has 2 rings (SSSR count). The second-order valence-electron chi connectivity index (χ2n) is 4.16. The lowest BCUT2D eigenvalue weighted by molar-refractivity contribution is 0.626. The van der Waals surface area contributed by atoms with Crippen LogP contribution in [0.4, 0.5) is 10.1 Å². The summed E-state index contributed by atoms with van der Waals surface area (Å²) in [5.41, 5.74) is 8.03. The number of anilines is 1. The minimum Gasteiger partial charge on any atom is -0.398 e. The van der Waals surface area contributed by atoms with Crippen molar-refractivity contribution in [3.63, 3.8) is 0 Å². The van der Waals surface area contributed by atoms with Gasteiger partial charge in [-0.1, -0.05) is 18.2 Å². The summed E-state index contributed by atoms with van der Waals surface area (Å²) in [6.07, 6.45) is 0. The smallest absolute Gasteiger partial charge is 0.123 e. The van der Waals surface area contributed by atoms with E-state index in [1.165, 1.54) is 12.1 Å². The summed E-state index contributed by atoms with van der Waals surface area (Å²) < 4.78 is 25.2. The van der Waals surface area contributed by atoms with Crippen LogP contribution in [0.3, 0.4) is 0 Å². The highest BCUT2D eigenvalue weighted by Gasteiger charge is 2.09. The van der Waals surface area contributed by atoms with Crippen LogP contribution in [0.2, 0.25) is 0 Å². The van der Waals surface area contributed by atoms with Crippen molar-refractivity contribution >= 4 is 16.5 Å². The molecule has 1 unspecified atom stereocenters. The van der Waals surface area contributed by atoms with E-state index >= 15 is 0 Å². The zero-order valence-electron chi connectivity index (χ0n) is 10.0. The summed E-state index contributed by atoms with van der Waals surface area (Å²) in [7, 11) is -1.26. The highest BCUT2D eigenvalue weighted by atomic mass is 32.2. The molecule has 0 amide bonds. The highest BCUT2D eigenvalue weighted by Crippen LogP contribution is 2.20. The quantitative estimate of drug-likeness (QED) is 0.865. The zero-order valence-corrected chi connectivity index (χ0v) is 10.8. The molecule has 18 heavy (non-hydrogen) atoms. The van der Waals surface area contributed by atoms with Gasteiger partial charge in [-0.15, -0.1) is 0 Å². The number of nitrogen functional groups attached to an aromatic ring is 1. The molecule has 94 valence electrons. The van der Waals surface area contributed by atoms with Gasteiger partial charge in [-0.2, -0.15) is 0 Å². The van der Waals surface area contributed by atoms with Crippen LogP contribution in [0.5, 0.6) is 0 Å². The summed E-state index contributed by atoms with van der Waals surface area (Å²) in [6.45, 7) is 1.92. The van der Waals surface area contributed by atoms with Gasteiger partial charge in [-0.05, 0) is 42.3 Å². The van der Waals surface area contributed by atoms with Crippen LogP contribution in [0, 0.1) is 12.7 Å². The van der Waals surface area contributed by atoms with Crippen LogP contribution < -0.4 is 5.73 Å². The Kier molecular flexibility index (Phi) is 3.77. The molecule has 2 aromatic rings. The van der Waals surface area contributed by atoms with Gasteiger partial charge in [0.05, 0.1) is 21.4 Å². The fourth-order valence-electron chi connectivity index (χ4n) is 1.69. The summed E-state index contributed by atoms with van der Waals surface area (Å²) in [5, 5.41) is 0. The maximum Gasteiger partial charge on any atom is 0.123 e. The normalized spacial score (nSPS) is 12.3. The lowest BCUT2D eigenvalue weighted by Crippen LogP contribution is -2.01. The topological polar surface area (TPSA) is 43.1 Å². The lowest BCUT2D eigenvalue weighted by atomic mass is 10.2. The number of benzene rings is 2. The van der Waals surface area contributed by atoms with E-state index in [9.17, 15) is 8.60 Å². The maximum absolute atomic E-state index is 13.0. The Hall–Kier alpha value is -1.68. The summed E-state index contributed by atoms with van der Waals surface area (Å²) >= 11 is 0. The van der Waals surface area contributed by atoms with Crippen molar-refractivity contribution < 1.29 is 8.60 Å². The molecule has 0 aromatic heterocycles. The lowest BCUT2D eigenvalue weighted by Gasteiger charge is -2.07. The molecule has 4 heteroatoms. The largest absolute Gasteiger partial charge is 0.398 e. The van der Waals surface area contributed by atoms with Crippen molar-refractivity contribution in [1.82, 2.24) is 0 Å². The van der Waals surface area contributed by atoms with E-state index in [4.69, 9.17) is 5.73 Å². The van der Waals surface area contributed by atoms with E-state index in [1.54, 1.807) is 18.2 Å². The molecule has 0 aliphatic carbocycles. The number of halogens is 1. The maximum atomic E-state index is 13.0. The number of nitrogens with two attached hydrogens (primary N) is 1. The molecule has 2 aromatic carbocycles. The van der Waals surface area contributed by atoms with Crippen molar-refractivity contribution in [3.05, 3.63) is 59.4 Å². The molecule has 0 saturated heterocycles. The highest BCUT2D eigenvalue weighted by molar-refractivity contribution is 7.84. The predicted molar refractivity (Wildman–Crippen MR) is 72.1 cm³/mol. The van der Waals surface area contributed by atoms with Crippen LogP contribution >= 0.6 is 0 Å². The molecule has 0 bridgehead atoms. The fourth-order valence-corrected chi connectivity index (χ4v) is 2.98. The van der Waals surface area contributed by atoms with Gasteiger partial charge in [0, 0.05) is 5.69 Å². The Labute approximate surface area is 108 Å². The van der Waals surface area contributed by atoms with Gasteiger partial charge >= 0.3 is 0 Å². The average Bonchev–Trinajstić information content (AvgIpc) is 2.32. The molecule has 0 heterocycles. The molecule has 2 N–H and O–H groups in total. The van der Waals surface area contributed by atoms with Crippen molar-refractivity contribution in [3.8, 4) is 0 Å². The number of rotatable bonds is 3. The Morgan fingerprint density at radius 1 is 1.22 bits per heavy atom. The summed E-state index contributed by atoms with van der Waals surface area (Å²) in [6, 6.07) is 11.6. The van der Waals surface area contributed by atoms with E-state index in [0.717, 1.165) is 5.56 Å². The summed E-state index contributed by atoms with van der Waals surface area (Å²) in [4.78, 5) is 0.610. The molecular formula is C14H14FNOS. The SMILES string of the molecule is Cc1ccc(N)c(S(=O)Cc2cccc(F)c2)c1. The van der Waals surface area contributed by atoms with Gasteiger partial charge in [0.15, 0.2) is 0 Å². The molecule has 0 radical (unpaired) electrons. The minimum atomic E-state index is -1.26. The Morgan fingerprint density at radius 3 is 2.72 bits per heavy atom. The number of hydrogen-bond acceptors (Lipinski definition) is 2. The molecule has 0 spiro atoms. The van der Waals surface area contributed by atoms with Crippen molar-refractivity contribution in [2.24, 2.45) is 0 Å². The third-order valence-corrected chi connectivity index (χ3v) is 4.04. The molecular weight excluding hydrogens is 249 g/mol. The van der Waals surface area contributed by atoms with Crippen LogP contribution in [-0.4, -0.2) is 4.21 Å². The molecule has 0 fully saturated rings. The van der Waals surface area contributed by atoms with E-state index < -0.39 is 10.8 Å². The Balaban J connectivity index is 2.24. The van der Waals surface area contributed by atoms with E-state index in [0.29, 0.717) is 16.1 Å². The van der Waals surface area contributed by atoms with Gasteiger partial charge in [0.2, 0.25) is 0 Å². The first kappa shape index (κ1) is 12.8. The first-order valence-corrected chi connectivity index (χ1v) is 6.87. The van der Waals surface area contributed by atoms with Crippen LogP contribution in [0.15, 0.2) is 47.4 Å². The molecule has 1 atom stereocenters. The molecule has 0 saturated carbocycles.